The molecule has 0 bridgehead atoms. The van der Waals surface area contributed by atoms with E-state index in [2.05, 4.69) is 0 Å². The maximum atomic E-state index is 12.1. The van der Waals surface area contributed by atoms with Gasteiger partial charge in [0.1, 0.15) is 11.4 Å². The van der Waals surface area contributed by atoms with Gasteiger partial charge in [-0.3, -0.25) is 9.36 Å². The summed E-state index contributed by atoms with van der Waals surface area (Å²) in [6, 6.07) is 10.9. The Morgan fingerprint density at radius 1 is 1.29 bits per heavy atom. The summed E-state index contributed by atoms with van der Waals surface area (Å²) < 4.78 is 6.38. The van der Waals surface area contributed by atoms with Crippen LogP contribution < -0.4 is 11.3 Å². The second-order valence-corrected chi connectivity index (χ2v) is 4.72. The first-order valence-electron chi connectivity index (χ1n) is 6.75. The van der Waals surface area contributed by atoms with E-state index in [-0.39, 0.29) is 23.5 Å². The Hall–Kier alpha value is -2.56. The van der Waals surface area contributed by atoms with E-state index in [0.29, 0.717) is 12.1 Å². The molecule has 2 rings (SSSR count). The second kappa shape index (κ2) is 6.26. The lowest BCUT2D eigenvalue weighted by Gasteiger charge is -2.15. The number of anilines is 1. The Balaban J connectivity index is 2.49. The zero-order valence-corrected chi connectivity index (χ0v) is 12.1. The molecule has 1 aromatic carbocycles. The highest BCUT2D eigenvalue weighted by atomic mass is 16.5. The van der Waals surface area contributed by atoms with Crippen molar-refractivity contribution in [1.82, 2.24) is 4.57 Å². The van der Waals surface area contributed by atoms with Crippen molar-refractivity contribution in [2.75, 3.05) is 12.3 Å². The standard InChI is InChI=1S/C16H18N2O3/c1-3-21-16(20)14-11(2)9-13(19)18(15(14)17)10-12-7-5-4-6-8-12/h4-9H,3,10,17H2,1-2H3. The van der Waals surface area contributed by atoms with E-state index in [1.165, 1.54) is 10.6 Å². The molecule has 0 aliphatic heterocycles. The lowest BCUT2D eigenvalue weighted by Crippen LogP contribution is -2.27. The fraction of sp³-hybridized carbons (Fsp3) is 0.250. The van der Waals surface area contributed by atoms with Gasteiger partial charge in [0.05, 0.1) is 13.2 Å². The normalized spacial score (nSPS) is 10.4. The molecule has 0 aliphatic rings. The first kappa shape index (κ1) is 14.8. The molecule has 0 radical (unpaired) electrons. The Labute approximate surface area is 123 Å². The van der Waals surface area contributed by atoms with Gasteiger partial charge in [0.25, 0.3) is 5.56 Å². The van der Waals surface area contributed by atoms with E-state index in [0.717, 1.165) is 5.56 Å². The third-order valence-corrected chi connectivity index (χ3v) is 3.21. The smallest absolute Gasteiger partial charge is 0.342 e. The molecule has 0 spiro atoms. The zero-order valence-electron chi connectivity index (χ0n) is 12.1. The number of nitrogen functional groups attached to an aromatic ring is 1. The summed E-state index contributed by atoms with van der Waals surface area (Å²) in [6.45, 7) is 3.98. The summed E-state index contributed by atoms with van der Waals surface area (Å²) in [6.07, 6.45) is 0. The van der Waals surface area contributed by atoms with Gasteiger partial charge in [0.15, 0.2) is 0 Å². The van der Waals surface area contributed by atoms with Crippen molar-refractivity contribution in [1.29, 1.82) is 0 Å². The fourth-order valence-electron chi connectivity index (χ4n) is 2.19. The molecule has 5 nitrogen and oxygen atoms in total. The number of ether oxygens (including phenoxy) is 1. The Kier molecular flexibility index (Phi) is 4.42. The number of aromatic nitrogens is 1. The quantitative estimate of drug-likeness (QED) is 0.872. The number of pyridine rings is 1. The van der Waals surface area contributed by atoms with Crippen LogP contribution in [0.2, 0.25) is 0 Å². The van der Waals surface area contributed by atoms with Crippen LogP contribution >= 0.6 is 0 Å². The predicted octanol–water partition coefficient (Wildman–Crippen LogP) is 1.96. The van der Waals surface area contributed by atoms with Gasteiger partial charge in [-0.25, -0.2) is 4.79 Å². The lowest BCUT2D eigenvalue weighted by atomic mass is 10.1. The molecular formula is C16H18N2O3. The van der Waals surface area contributed by atoms with Crippen molar-refractivity contribution < 1.29 is 9.53 Å². The molecule has 0 unspecified atom stereocenters. The van der Waals surface area contributed by atoms with Crippen LogP contribution in [0.3, 0.4) is 0 Å². The molecule has 2 aromatic rings. The van der Waals surface area contributed by atoms with Crippen LogP contribution in [0, 0.1) is 6.92 Å². The van der Waals surface area contributed by atoms with Crippen LogP contribution in [0.15, 0.2) is 41.2 Å². The Morgan fingerprint density at radius 3 is 2.57 bits per heavy atom. The lowest BCUT2D eigenvalue weighted by molar-refractivity contribution is 0.0526. The topological polar surface area (TPSA) is 74.3 Å². The van der Waals surface area contributed by atoms with E-state index in [4.69, 9.17) is 10.5 Å². The summed E-state index contributed by atoms with van der Waals surface area (Å²) in [5.41, 5.74) is 7.51. The van der Waals surface area contributed by atoms with Gasteiger partial charge < -0.3 is 10.5 Å². The zero-order chi connectivity index (χ0) is 15.4. The SMILES string of the molecule is CCOC(=O)c1c(C)cc(=O)n(Cc2ccccc2)c1N. The van der Waals surface area contributed by atoms with Gasteiger partial charge in [-0.15, -0.1) is 0 Å². The second-order valence-electron chi connectivity index (χ2n) is 4.72. The molecule has 0 aliphatic carbocycles. The minimum atomic E-state index is -0.505. The molecule has 5 heteroatoms. The van der Waals surface area contributed by atoms with E-state index in [1.54, 1.807) is 13.8 Å². The highest BCUT2D eigenvalue weighted by Gasteiger charge is 2.18. The van der Waals surface area contributed by atoms with Crippen LogP contribution in [-0.4, -0.2) is 17.1 Å². The molecule has 0 amide bonds. The summed E-state index contributed by atoms with van der Waals surface area (Å²) >= 11 is 0. The molecule has 0 fully saturated rings. The molecule has 0 saturated carbocycles. The van der Waals surface area contributed by atoms with Gasteiger partial charge >= 0.3 is 5.97 Å². The highest BCUT2D eigenvalue weighted by molar-refractivity contribution is 5.95. The number of hydrogen-bond donors (Lipinski definition) is 1. The van der Waals surface area contributed by atoms with Crippen molar-refractivity contribution in [3.05, 3.63) is 63.4 Å². The number of benzene rings is 1. The molecule has 1 aromatic heterocycles. The third-order valence-electron chi connectivity index (χ3n) is 3.21. The molecular weight excluding hydrogens is 268 g/mol. The third kappa shape index (κ3) is 3.13. The summed E-state index contributed by atoms with van der Waals surface area (Å²) in [5.74, 6) is -0.364. The van der Waals surface area contributed by atoms with Crippen molar-refractivity contribution >= 4 is 11.8 Å². The number of rotatable bonds is 4. The minimum absolute atomic E-state index is 0.141. The molecule has 110 valence electrons. The Bertz CT molecular complexity index is 705. The average Bonchev–Trinajstić information content (AvgIpc) is 2.44. The maximum absolute atomic E-state index is 12.1. The number of nitrogens with zero attached hydrogens (tertiary/aromatic N) is 1. The van der Waals surface area contributed by atoms with Crippen LogP contribution in [-0.2, 0) is 11.3 Å². The van der Waals surface area contributed by atoms with Crippen molar-refractivity contribution in [3.8, 4) is 0 Å². The number of carbonyl (C=O) groups is 1. The van der Waals surface area contributed by atoms with Gasteiger partial charge in [-0.2, -0.15) is 0 Å². The predicted molar refractivity (Wildman–Crippen MR) is 81.4 cm³/mol. The van der Waals surface area contributed by atoms with Crippen molar-refractivity contribution in [2.45, 2.75) is 20.4 Å². The summed E-state index contributed by atoms with van der Waals surface area (Å²) in [4.78, 5) is 24.1. The van der Waals surface area contributed by atoms with Crippen LogP contribution in [0.1, 0.15) is 28.4 Å². The highest BCUT2D eigenvalue weighted by Crippen LogP contribution is 2.17. The molecule has 1 heterocycles. The van der Waals surface area contributed by atoms with E-state index in [9.17, 15) is 9.59 Å². The number of nitrogens with two attached hydrogens (primary N) is 1. The summed E-state index contributed by atoms with van der Waals surface area (Å²) in [7, 11) is 0. The first-order chi connectivity index (χ1) is 10.0. The monoisotopic (exact) mass is 286 g/mol. The number of hydrogen-bond acceptors (Lipinski definition) is 4. The first-order valence-corrected chi connectivity index (χ1v) is 6.75. The Morgan fingerprint density at radius 2 is 1.95 bits per heavy atom. The number of carbonyl (C=O) groups excluding carboxylic acids is 1. The van der Waals surface area contributed by atoms with Crippen molar-refractivity contribution in [2.24, 2.45) is 0 Å². The van der Waals surface area contributed by atoms with Crippen LogP contribution in [0.4, 0.5) is 5.82 Å². The van der Waals surface area contributed by atoms with Gasteiger partial charge in [-0.05, 0) is 25.0 Å². The van der Waals surface area contributed by atoms with Gasteiger partial charge in [0, 0.05) is 6.07 Å². The van der Waals surface area contributed by atoms with Crippen LogP contribution in [0.5, 0.6) is 0 Å². The minimum Gasteiger partial charge on any atom is -0.462 e. The summed E-state index contributed by atoms with van der Waals surface area (Å²) in [5, 5.41) is 0. The molecule has 0 atom stereocenters. The largest absolute Gasteiger partial charge is 0.462 e. The van der Waals surface area contributed by atoms with Gasteiger partial charge in [-0.1, -0.05) is 30.3 Å². The molecule has 2 N–H and O–H groups in total. The van der Waals surface area contributed by atoms with Gasteiger partial charge in [0.2, 0.25) is 0 Å². The fourth-order valence-corrected chi connectivity index (χ4v) is 2.19. The van der Waals surface area contributed by atoms with Crippen LogP contribution in [0.25, 0.3) is 0 Å². The van der Waals surface area contributed by atoms with Crippen molar-refractivity contribution in [3.63, 3.8) is 0 Å². The van der Waals surface area contributed by atoms with E-state index >= 15 is 0 Å². The molecule has 0 saturated heterocycles. The maximum Gasteiger partial charge on any atom is 0.342 e. The average molecular weight is 286 g/mol. The van der Waals surface area contributed by atoms with E-state index < -0.39 is 5.97 Å². The number of esters is 1. The molecule has 21 heavy (non-hydrogen) atoms. The number of aryl methyl sites for hydroxylation is 1. The van der Waals surface area contributed by atoms with E-state index in [1.807, 2.05) is 30.3 Å².